The quantitative estimate of drug-likeness (QED) is 0.0214. The second-order valence-electron chi connectivity index (χ2n) is 17.8. The molecular formula is C45H68O25. The van der Waals surface area contributed by atoms with E-state index < -0.39 is 184 Å². The smallest absolute Gasteiger partial charge is 0.337 e. The minimum Gasteiger partial charge on any atom is -0.471 e. The Bertz CT molecular complexity index is 1810. The first kappa shape index (κ1) is 57.2. The van der Waals surface area contributed by atoms with Crippen molar-refractivity contribution in [1.82, 2.24) is 0 Å². The van der Waals surface area contributed by atoms with E-state index in [2.05, 4.69) is 13.2 Å². The molecule has 4 aliphatic heterocycles. The number of esters is 3. The fourth-order valence-corrected chi connectivity index (χ4v) is 9.66. The summed E-state index contributed by atoms with van der Waals surface area (Å²) < 4.78 is 61.3. The van der Waals surface area contributed by atoms with Gasteiger partial charge in [-0.05, 0) is 18.3 Å². The maximum Gasteiger partial charge on any atom is 0.337 e. The molecular weight excluding hydrogens is 940 g/mol. The molecule has 1 aliphatic carbocycles. The zero-order chi connectivity index (χ0) is 51.7. The van der Waals surface area contributed by atoms with Crippen LogP contribution in [0.5, 0.6) is 0 Å². The Hall–Kier alpha value is -3.71. The van der Waals surface area contributed by atoms with Gasteiger partial charge in [0.2, 0.25) is 12.6 Å². The Morgan fingerprint density at radius 3 is 1.56 bits per heavy atom. The number of ether oxygens (including phenoxy) is 11. The predicted molar refractivity (Wildman–Crippen MR) is 229 cm³/mol. The molecule has 398 valence electrons. The van der Waals surface area contributed by atoms with Crippen molar-refractivity contribution in [1.29, 1.82) is 0 Å². The largest absolute Gasteiger partial charge is 0.471 e. The van der Waals surface area contributed by atoms with Crippen LogP contribution in [0.4, 0.5) is 0 Å². The molecule has 0 radical (unpaired) electrons. The number of rotatable bonds is 22. The van der Waals surface area contributed by atoms with E-state index in [-0.39, 0.29) is 30.4 Å². The maximum absolute atomic E-state index is 14.2. The van der Waals surface area contributed by atoms with Gasteiger partial charge in [0.15, 0.2) is 25.2 Å². The number of aliphatic hydroxyl groups is 11. The Labute approximate surface area is 402 Å². The molecule has 25 heteroatoms. The summed E-state index contributed by atoms with van der Waals surface area (Å²) >= 11 is 0. The van der Waals surface area contributed by atoms with Gasteiger partial charge in [0.1, 0.15) is 54.9 Å². The molecule has 25 nitrogen and oxygen atoms in total. The monoisotopic (exact) mass is 1010 g/mol. The van der Waals surface area contributed by atoms with Gasteiger partial charge in [-0.15, -0.1) is 13.2 Å². The standard InChI is InChI=1S/C45H68O25/c1-7-19-22(10-31(49)60-4)26(16-64-42(19)69-44-37(55)35(53)33(51)29(13-47)67-44)40(58)63-15-25-18(3)28(9-21(25)24(12-46)39(57)62-6)66-41(59)27-17-65-43(20(8-2)23(27)11-32(50)61-5)70-45-38(56)36(54)34(52)30(14-48)68-45/h7-8,16-25,28-38,42-56H,1-2,9-15H2,3-6H3. The number of hydrogen-bond acceptors (Lipinski definition) is 25. The molecule has 0 bridgehead atoms. The third-order valence-electron chi connectivity index (χ3n) is 13.9. The molecule has 5 rings (SSSR count). The van der Waals surface area contributed by atoms with Gasteiger partial charge in [-0.1, -0.05) is 19.1 Å². The summed E-state index contributed by atoms with van der Waals surface area (Å²) in [5, 5.41) is 113. The van der Waals surface area contributed by atoms with Gasteiger partial charge in [0.25, 0.3) is 0 Å². The second-order valence-corrected chi connectivity index (χ2v) is 17.8. The third-order valence-corrected chi connectivity index (χ3v) is 13.9. The highest BCUT2D eigenvalue weighted by Gasteiger charge is 2.53. The van der Waals surface area contributed by atoms with Crippen LogP contribution in [-0.4, -0.2) is 215 Å². The molecule has 4 heterocycles. The van der Waals surface area contributed by atoms with Crippen LogP contribution in [0.15, 0.2) is 49.0 Å². The lowest BCUT2D eigenvalue weighted by molar-refractivity contribution is -0.339. The van der Waals surface area contributed by atoms with Crippen LogP contribution in [-0.2, 0) is 66.5 Å². The SMILES string of the molecule is C=CC1C(OC2OC(CO)C(O)C(O)C2O)OC=C(C(=O)OCC2C(C)C(OC(=O)C3=COC(OC4OC(CO)C(O)C(O)C4O)C(C=C)C3CC(O)OC)CC2C(CO)C(=O)OC)C1CC(O)OC. The van der Waals surface area contributed by atoms with E-state index in [1.54, 1.807) is 6.92 Å². The van der Waals surface area contributed by atoms with Crippen molar-refractivity contribution in [3.8, 4) is 0 Å². The van der Waals surface area contributed by atoms with Crippen LogP contribution in [0.25, 0.3) is 0 Å². The van der Waals surface area contributed by atoms with Crippen molar-refractivity contribution in [2.24, 2.45) is 47.3 Å². The van der Waals surface area contributed by atoms with Gasteiger partial charge in [0, 0.05) is 56.7 Å². The zero-order valence-electron chi connectivity index (χ0n) is 39.1. The molecule has 70 heavy (non-hydrogen) atoms. The van der Waals surface area contributed by atoms with Gasteiger partial charge >= 0.3 is 17.9 Å². The van der Waals surface area contributed by atoms with Crippen molar-refractivity contribution in [2.45, 2.75) is 119 Å². The molecule has 2 saturated heterocycles. The predicted octanol–water partition coefficient (Wildman–Crippen LogP) is -3.84. The number of aliphatic hydroxyl groups excluding tert-OH is 11. The van der Waals surface area contributed by atoms with E-state index in [0.717, 1.165) is 19.6 Å². The molecule has 0 spiro atoms. The van der Waals surface area contributed by atoms with Gasteiger partial charge in [-0.25, -0.2) is 9.59 Å². The van der Waals surface area contributed by atoms with Gasteiger partial charge in [-0.3, -0.25) is 4.79 Å². The summed E-state index contributed by atoms with van der Waals surface area (Å²) in [7, 11) is 3.57. The first-order valence-corrected chi connectivity index (χ1v) is 22.7. The van der Waals surface area contributed by atoms with Crippen molar-refractivity contribution >= 4 is 17.9 Å². The molecule has 0 amide bonds. The fraction of sp³-hybridized carbons (Fsp3) is 0.756. The highest BCUT2D eigenvalue weighted by atomic mass is 16.8. The number of carbonyl (C=O) groups is 3. The van der Waals surface area contributed by atoms with Crippen LogP contribution in [0, 0.1) is 47.3 Å². The molecule has 11 N–H and O–H groups in total. The first-order chi connectivity index (χ1) is 33.3. The molecule has 23 atom stereocenters. The second kappa shape index (κ2) is 25.8. The third kappa shape index (κ3) is 12.5. The molecule has 0 aromatic heterocycles. The number of hydrogen-bond donors (Lipinski definition) is 11. The summed E-state index contributed by atoms with van der Waals surface area (Å²) in [5.41, 5.74) is -0.260. The van der Waals surface area contributed by atoms with E-state index in [1.165, 1.54) is 26.4 Å². The number of carbonyl (C=O) groups excluding carboxylic acids is 3. The Balaban J connectivity index is 1.37. The van der Waals surface area contributed by atoms with Crippen LogP contribution < -0.4 is 0 Å². The van der Waals surface area contributed by atoms with E-state index >= 15 is 0 Å². The van der Waals surface area contributed by atoms with Crippen LogP contribution in [0.1, 0.15) is 26.2 Å². The Kier molecular flexibility index (Phi) is 21.1. The molecule has 23 unspecified atom stereocenters. The molecule has 0 aromatic rings. The van der Waals surface area contributed by atoms with Crippen molar-refractivity contribution in [3.05, 3.63) is 49.0 Å². The summed E-state index contributed by atoms with van der Waals surface area (Å²) in [5.74, 6) is -10.2. The maximum atomic E-state index is 14.2. The summed E-state index contributed by atoms with van der Waals surface area (Å²) in [6.07, 6.45) is -18.9. The average Bonchev–Trinajstić information content (AvgIpc) is 3.65. The van der Waals surface area contributed by atoms with Crippen molar-refractivity contribution < 1.29 is 123 Å². The highest BCUT2D eigenvalue weighted by molar-refractivity contribution is 5.89. The van der Waals surface area contributed by atoms with Crippen LogP contribution >= 0.6 is 0 Å². The zero-order valence-corrected chi connectivity index (χ0v) is 39.1. The van der Waals surface area contributed by atoms with Gasteiger partial charge < -0.3 is 108 Å². The van der Waals surface area contributed by atoms with Crippen LogP contribution in [0.2, 0.25) is 0 Å². The minimum absolute atomic E-state index is 0.0490. The normalized spacial score (nSPS) is 40.0. The highest BCUT2D eigenvalue weighted by Crippen LogP contribution is 2.46. The lowest BCUT2D eigenvalue weighted by Gasteiger charge is -2.43. The lowest BCUT2D eigenvalue weighted by atomic mass is 9.81. The Morgan fingerprint density at radius 2 is 1.16 bits per heavy atom. The average molecular weight is 1010 g/mol. The first-order valence-electron chi connectivity index (χ1n) is 22.7. The van der Waals surface area contributed by atoms with Crippen molar-refractivity contribution in [2.75, 3.05) is 47.8 Å². The van der Waals surface area contributed by atoms with E-state index in [1.807, 2.05) is 0 Å². The lowest BCUT2D eigenvalue weighted by Crippen LogP contribution is -2.60. The molecule has 1 saturated carbocycles. The molecule has 3 fully saturated rings. The van der Waals surface area contributed by atoms with Gasteiger partial charge in [-0.2, -0.15) is 0 Å². The topological polar surface area (TPSA) is 375 Å². The summed E-state index contributed by atoms with van der Waals surface area (Å²) in [6, 6.07) is 0. The van der Waals surface area contributed by atoms with E-state index in [9.17, 15) is 70.6 Å². The minimum atomic E-state index is -1.80. The summed E-state index contributed by atoms with van der Waals surface area (Å²) in [4.78, 5) is 41.4. The summed E-state index contributed by atoms with van der Waals surface area (Å²) in [6.45, 7) is 6.73. The number of methoxy groups -OCH3 is 3. The molecule has 0 aromatic carbocycles. The van der Waals surface area contributed by atoms with Gasteiger partial charge in [0.05, 0.1) is 63.1 Å². The Morgan fingerprint density at radius 1 is 0.700 bits per heavy atom. The fourth-order valence-electron chi connectivity index (χ4n) is 9.66. The molecule has 5 aliphatic rings. The van der Waals surface area contributed by atoms with E-state index in [0.29, 0.717) is 0 Å². The van der Waals surface area contributed by atoms with Crippen LogP contribution in [0.3, 0.4) is 0 Å². The van der Waals surface area contributed by atoms with E-state index in [4.69, 9.17) is 52.1 Å². The van der Waals surface area contributed by atoms with Crippen molar-refractivity contribution in [3.63, 3.8) is 0 Å².